The van der Waals surface area contributed by atoms with E-state index in [-0.39, 0.29) is 12.3 Å². The van der Waals surface area contributed by atoms with Crippen LogP contribution < -0.4 is 16.2 Å². The maximum atomic E-state index is 12.5. The van der Waals surface area contributed by atoms with Gasteiger partial charge >= 0.3 is 0 Å². The summed E-state index contributed by atoms with van der Waals surface area (Å²) in [5, 5.41) is 2.89. The minimum Gasteiger partial charge on any atom is -0.345 e. The zero-order valence-corrected chi connectivity index (χ0v) is 15.7. The number of amides is 3. The van der Waals surface area contributed by atoms with Gasteiger partial charge in [0.2, 0.25) is 5.91 Å². The van der Waals surface area contributed by atoms with Crippen LogP contribution in [0.2, 0.25) is 0 Å². The van der Waals surface area contributed by atoms with Gasteiger partial charge in [0.25, 0.3) is 11.8 Å². The third-order valence-corrected chi connectivity index (χ3v) is 4.28. The Balaban J connectivity index is 1.64. The van der Waals surface area contributed by atoms with Crippen LogP contribution in [0.4, 0.5) is 0 Å². The average Bonchev–Trinajstić information content (AvgIpc) is 2.78. The first-order valence-electron chi connectivity index (χ1n) is 9.18. The number of carbonyl (C=O) groups excluding carboxylic acids is 3. The van der Waals surface area contributed by atoms with Crippen LogP contribution in [0.5, 0.6) is 0 Å². The number of benzene rings is 3. The highest BCUT2D eigenvalue weighted by molar-refractivity contribution is 5.96. The van der Waals surface area contributed by atoms with Crippen molar-refractivity contribution in [2.45, 2.75) is 12.5 Å². The number of carbonyl (C=O) groups is 3. The molecule has 1 unspecified atom stereocenters. The SMILES string of the molecule is O=C(CC(NC(=O)c1ccccc1)c1ccccc1)NNC(=O)c1ccccc1. The molecule has 0 fully saturated rings. The first-order valence-corrected chi connectivity index (χ1v) is 9.18. The standard InChI is InChI=1S/C23H21N3O3/c27-21(25-26-23(29)19-14-8-3-9-15-19)16-20(17-10-4-1-5-11-17)24-22(28)18-12-6-2-7-13-18/h1-15,20H,16H2,(H,24,28)(H,25,27)(H,26,29). The van der Waals surface area contributed by atoms with Gasteiger partial charge in [0.1, 0.15) is 0 Å². The van der Waals surface area contributed by atoms with Gasteiger partial charge in [-0.15, -0.1) is 0 Å². The predicted octanol–water partition coefficient (Wildman–Crippen LogP) is 3.01. The summed E-state index contributed by atoms with van der Waals surface area (Å²) in [5.41, 5.74) is 6.53. The van der Waals surface area contributed by atoms with E-state index < -0.39 is 17.9 Å². The summed E-state index contributed by atoms with van der Waals surface area (Å²) < 4.78 is 0. The second-order valence-electron chi connectivity index (χ2n) is 6.38. The van der Waals surface area contributed by atoms with Crippen molar-refractivity contribution in [3.8, 4) is 0 Å². The maximum Gasteiger partial charge on any atom is 0.269 e. The van der Waals surface area contributed by atoms with Crippen molar-refractivity contribution in [1.29, 1.82) is 0 Å². The third-order valence-electron chi connectivity index (χ3n) is 4.28. The molecule has 0 saturated carbocycles. The lowest BCUT2D eigenvalue weighted by Gasteiger charge is -2.19. The van der Waals surface area contributed by atoms with Gasteiger partial charge in [0.05, 0.1) is 12.5 Å². The highest BCUT2D eigenvalue weighted by atomic mass is 16.2. The van der Waals surface area contributed by atoms with E-state index >= 15 is 0 Å². The van der Waals surface area contributed by atoms with Crippen LogP contribution in [0.25, 0.3) is 0 Å². The Bertz CT molecular complexity index is 960. The van der Waals surface area contributed by atoms with Crippen molar-refractivity contribution in [3.05, 3.63) is 108 Å². The summed E-state index contributed by atoms with van der Waals surface area (Å²) in [6.45, 7) is 0. The third kappa shape index (κ3) is 5.77. The molecule has 6 heteroatoms. The number of rotatable bonds is 6. The molecule has 0 radical (unpaired) electrons. The van der Waals surface area contributed by atoms with Crippen molar-refractivity contribution in [3.63, 3.8) is 0 Å². The van der Waals surface area contributed by atoms with Gasteiger partial charge in [-0.2, -0.15) is 0 Å². The van der Waals surface area contributed by atoms with E-state index in [1.54, 1.807) is 54.6 Å². The second-order valence-corrected chi connectivity index (χ2v) is 6.38. The Labute approximate surface area is 168 Å². The van der Waals surface area contributed by atoms with Crippen LogP contribution in [0.15, 0.2) is 91.0 Å². The van der Waals surface area contributed by atoms with Crippen molar-refractivity contribution in [1.82, 2.24) is 16.2 Å². The minimum atomic E-state index is -0.544. The first-order chi connectivity index (χ1) is 14.1. The fourth-order valence-electron chi connectivity index (χ4n) is 2.79. The zero-order valence-electron chi connectivity index (χ0n) is 15.7. The monoisotopic (exact) mass is 387 g/mol. The van der Waals surface area contributed by atoms with Crippen LogP contribution >= 0.6 is 0 Å². The minimum absolute atomic E-state index is 0.0301. The number of hydrogen-bond donors (Lipinski definition) is 3. The zero-order chi connectivity index (χ0) is 20.5. The molecule has 3 aromatic rings. The highest BCUT2D eigenvalue weighted by Gasteiger charge is 2.19. The predicted molar refractivity (Wildman–Crippen MR) is 110 cm³/mol. The molecule has 1 atom stereocenters. The average molecular weight is 387 g/mol. The molecule has 0 aliphatic heterocycles. The van der Waals surface area contributed by atoms with Crippen LogP contribution in [-0.4, -0.2) is 17.7 Å². The molecule has 0 saturated heterocycles. The molecule has 0 heterocycles. The van der Waals surface area contributed by atoms with E-state index in [1.807, 2.05) is 36.4 Å². The maximum absolute atomic E-state index is 12.5. The molecule has 3 N–H and O–H groups in total. The molecular formula is C23H21N3O3. The Morgan fingerprint density at radius 1 is 0.621 bits per heavy atom. The molecule has 3 amide bonds. The van der Waals surface area contributed by atoms with Gasteiger partial charge in [0.15, 0.2) is 0 Å². The van der Waals surface area contributed by atoms with Crippen molar-refractivity contribution in [2.75, 3.05) is 0 Å². The molecule has 0 bridgehead atoms. The molecule has 146 valence electrons. The summed E-state index contributed by atoms with van der Waals surface area (Å²) in [6.07, 6.45) is -0.0301. The lowest BCUT2D eigenvalue weighted by molar-refractivity contribution is -0.122. The van der Waals surface area contributed by atoms with Gasteiger partial charge in [-0.3, -0.25) is 25.2 Å². The van der Waals surface area contributed by atoms with Gasteiger partial charge in [-0.25, -0.2) is 0 Å². The van der Waals surface area contributed by atoms with Gasteiger partial charge in [-0.1, -0.05) is 66.7 Å². The van der Waals surface area contributed by atoms with Crippen molar-refractivity contribution in [2.24, 2.45) is 0 Å². The Hall–Kier alpha value is -3.93. The molecule has 0 aliphatic rings. The van der Waals surface area contributed by atoms with Gasteiger partial charge < -0.3 is 5.32 Å². The molecule has 6 nitrogen and oxygen atoms in total. The fourth-order valence-corrected chi connectivity index (χ4v) is 2.79. The largest absolute Gasteiger partial charge is 0.345 e. The molecule has 0 aromatic heterocycles. The molecule has 3 rings (SSSR count). The van der Waals surface area contributed by atoms with E-state index in [4.69, 9.17) is 0 Å². The number of nitrogens with one attached hydrogen (secondary N) is 3. The molecule has 0 aliphatic carbocycles. The lowest BCUT2D eigenvalue weighted by atomic mass is 10.0. The molecule has 29 heavy (non-hydrogen) atoms. The van der Waals surface area contributed by atoms with E-state index in [2.05, 4.69) is 16.2 Å². The Kier molecular flexibility index (Phi) is 6.73. The summed E-state index contributed by atoms with van der Waals surface area (Å²) in [4.78, 5) is 37.0. The molecular weight excluding hydrogens is 366 g/mol. The second kappa shape index (κ2) is 9.85. The van der Waals surface area contributed by atoms with Gasteiger partial charge in [-0.05, 0) is 29.8 Å². The Morgan fingerprint density at radius 3 is 1.66 bits per heavy atom. The van der Waals surface area contributed by atoms with E-state index in [1.165, 1.54) is 0 Å². The summed E-state index contributed by atoms with van der Waals surface area (Å²) in [7, 11) is 0. The van der Waals surface area contributed by atoms with Crippen LogP contribution in [0, 0.1) is 0 Å². The first kappa shape index (κ1) is 19.8. The Morgan fingerprint density at radius 2 is 1.10 bits per heavy atom. The van der Waals surface area contributed by atoms with E-state index in [0.29, 0.717) is 11.1 Å². The quantitative estimate of drug-likeness (QED) is 0.568. The van der Waals surface area contributed by atoms with Crippen molar-refractivity contribution >= 4 is 17.7 Å². The van der Waals surface area contributed by atoms with Gasteiger partial charge in [0, 0.05) is 11.1 Å². The van der Waals surface area contributed by atoms with E-state index in [0.717, 1.165) is 5.56 Å². The van der Waals surface area contributed by atoms with Crippen molar-refractivity contribution < 1.29 is 14.4 Å². The van der Waals surface area contributed by atoms with Crippen LogP contribution in [0.3, 0.4) is 0 Å². The molecule has 0 spiro atoms. The number of hydrazine groups is 1. The normalized spacial score (nSPS) is 11.2. The summed E-state index contributed by atoms with van der Waals surface area (Å²) >= 11 is 0. The fraction of sp³-hybridized carbons (Fsp3) is 0.0870. The lowest BCUT2D eigenvalue weighted by Crippen LogP contribution is -2.43. The summed E-state index contributed by atoms with van der Waals surface area (Å²) in [6, 6.07) is 26.0. The van der Waals surface area contributed by atoms with E-state index in [9.17, 15) is 14.4 Å². The number of hydrogen-bond acceptors (Lipinski definition) is 3. The van der Waals surface area contributed by atoms with Crippen LogP contribution in [-0.2, 0) is 4.79 Å². The highest BCUT2D eigenvalue weighted by Crippen LogP contribution is 2.17. The summed E-state index contributed by atoms with van der Waals surface area (Å²) in [5.74, 6) is -1.11. The topological polar surface area (TPSA) is 87.3 Å². The van der Waals surface area contributed by atoms with Crippen LogP contribution in [0.1, 0.15) is 38.7 Å². The molecule has 3 aromatic carbocycles. The smallest absolute Gasteiger partial charge is 0.269 e.